The van der Waals surface area contributed by atoms with Gasteiger partial charge in [0.1, 0.15) is 17.6 Å². The highest BCUT2D eigenvalue weighted by molar-refractivity contribution is 5.80. The zero-order valence-electron chi connectivity index (χ0n) is 11.2. The Labute approximate surface area is 112 Å². The van der Waals surface area contributed by atoms with Crippen LogP contribution in [0, 0.1) is 17.1 Å². The van der Waals surface area contributed by atoms with Crippen molar-refractivity contribution in [3.8, 4) is 11.8 Å². The van der Waals surface area contributed by atoms with Crippen molar-refractivity contribution in [3.05, 3.63) is 29.6 Å². The third-order valence-corrected chi connectivity index (χ3v) is 2.74. The van der Waals surface area contributed by atoms with Crippen LogP contribution < -0.4 is 10.1 Å². The summed E-state index contributed by atoms with van der Waals surface area (Å²) in [7, 11) is 0. The standard InChI is InChI=1S/C14H17FN2O2/c1-4-9(2)17-14(18)10(3)19-12-6-5-11(8-16)13(15)7-12/h5-7,9-10H,4H2,1-3H3,(H,17,18). The Morgan fingerprint density at radius 2 is 2.21 bits per heavy atom. The number of halogens is 1. The van der Waals surface area contributed by atoms with Gasteiger partial charge in [-0.2, -0.15) is 5.26 Å². The third-order valence-electron chi connectivity index (χ3n) is 2.74. The number of hydrogen-bond acceptors (Lipinski definition) is 3. The van der Waals surface area contributed by atoms with Crippen LogP contribution in [0.2, 0.25) is 0 Å². The topological polar surface area (TPSA) is 62.1 Å². The van der Waals surface area contributed by atoms with Crippen LogP contribution in [-0.4, -0.2) is 18.1 Å². The predicted octanol–water partition coefficient (Wildman–Crippen LogP) is 2.38. The van der Waals surface area contributed by atoms with E-state index in [1.165, 1.54) is 12.1 Å². The van der Waals surface area contributed by atoms with E-state index in [4.69, 9.17) is 10.00 Å². The molecule has 0 aliphatic rings. The highest BCUT2D eigenvalue weighted by atomic mass is 19.1. The van der Waals surface area contributed by atoms with Gasteiger partial charge in [0, 0.05) is 12.1 Å². The van der Waals surface area contributed by atoms with Crippen molar-refractivity contribution in [2.75, 3.05) is 0 Å². The van der Waals surface area contributed by atoms with E-state index in [1.54, 1.807) is 13.0 Å². The molecule has 102 valence electrons. The van der Waals surface area contributed by atoms with Crippen LogP contribution in [0.3, 0.4) is 0 Å². The van der Waals surface area contributed by atoms with Gasteiger partial charge < -0.3 is 10.1 Å². The van der Waals surface area contributed by atoms with Gasteiger partial charge in [-0.15, -0.1) is 0 Å². The Morgan fingerprint density at radius 1 is 1.53 bits per heavy atom. The second-order valence-electron chi connectivity index (χ2n) is 4.33. The second-order valence-corrected chi connectivity index (χ2v) is 4.33. The summed E-state index contributed by atoms with van der Waals surface area (Å²) in [6.45, 7) is 5.45. The maximum Gasteiger partial charge on any atom is 0.260 e. The molecule has 1 aromatic rings. The Bertz CT molecular complexity index is 497. The molecule has 19 heavy (non-hydrogen) atoms. The Hall–Kier alpha value is -2.09. The molecule has 5 heteroatoms. The van der Waals surface area contributed by atoms with Gasteiger partial charge >= 0.3 is 0 Å². The molecular weight excluding hydrogens is 247 g/mol. The molecule has 0 aliphatic carbocycles. The maximum atomic E-state index is 13.4. The highest BCUT2D eigenvalue weighted by Gasteiger charge is 2.16. The predicted molar refractivity (Wildman–Crippen MR) is 69.1 cm³/mol. The lowest BCUT2D eigenvalue weighted by Crippen LogP contribution is -2.40. The number of nitrogens with one attached hydrogen (secondary N) is 1. The third kappa shape index (κ3) is 4.25. The summed E-state index contributed by atoms with van der Waals surface area (Å²) < 4.78 is 18.7. The molecule has 1 rings (SSSR count). The van der Waals surface area contributed by atoms with Crippen molar-refractivity contribution in [2.45, 2.75) is 39.3 Å². The summed E-state index contributed by atoms with van der Waals surface area (Å²) in [6, 6.07) is 5.68. The molecule has 0 spiro atoms. The molecule has 1 N–H and O–H groups in total. The van der Waals surface area contributed by atoms with E-state index < -0.39 is 11.9 Å². The minimum absolute atomic E-state index is 0.0518. The van der Waals surface area contributed by atoms with Gasteiger partial charge in [0.15, 0.2) is 6.10 Å². The van der Waals surface area contributed by atoms with E-state index in [9.17, 15) is 9.18 Å². The van der Waals surface area contributed by atoms with Crippen LogP contribution in [0.1, 0.15) is 32.8 Å². The maximum absolute atomic E-state index is 13.4. The van der Waals surface area contributed by atoms with Crippen molar-refractivity contribution in [1.82, 2.24) is 5.32 Å². The van der Waals surface area contributed by atoms with Crippen LogP contribution in [0.25, 0.3) is 0 Å². The van der Waals surface area contributed by atoms with Gasteiger partial charge in [-0.3, -0.25) is 4.79 Å². The molecular formula is C14H17FN2O2. The first kappa shape index (κ1) is 15.0. The largest absolute Gasteiger partial charge is 0.481 e. The van der Waals surface area contributed by atoms with E-state index in [1.807, 2.05) is 13.8 Å². The van der Waals surface area contributed by atoms with Crippen molar-refractivity contribution in [2.24, 2.45) is 0 Å². The number of carbonyl (C=O) groups is 1. The summed E-state index contributed by atoms with van der Waals surface area (Å²) in [6.07, 6.45) is 0.102. The molecule has 1 aromatic carbocycles. The zero-order chi connectivity index (χ0) is 14.4. The van der Waals surface area contributed by atoms with Crippen molar-refractivity contribution >= 4 is 5.91 Å². The molecule has 1 amide bonds. The summed E-state index contributed by atoms with van der Waals surface area (Å²) in [5, 5.41) is 11.4. The molecule has 2 atom stereocenters. The van der Waals surface area contributed by atoms with Gasteiger partial charge in [0.05, 0.1) is 5.56 Å². The number of nitrogens with zero attached hydrogens (tertiary/aromatic N) is 1. The van der Waals surface area contributed by atoms with Gasteiger partial charge in [0.25, 0.3) is 5.91 Å². The van der Waals surface area contributed by atoms with E-state index in [-0.39, 0.29) is 23.3 Å². The first-order valence-corrected chi connectivity index (χ1v) is 6.14. The Kier molecular flexibility index (Phi) is 5.31. The molecule has 0 bridgehead atoms. The minimum atomic E-state index is -0.721. The summed E-state index contributed by atoms with van der Waals surface area (Å²) in [5.74, 6) is -0.683. The normalized spacial score (nSPS) is 13.2. The summed E-state index contributed by atoms with van der Waals surface area (Å²) in [5.41, 5.74) is -0.0518. The fraction of sp³-hybridized carbons (Fsp3) is 0.429. The van der Waals surface area contributed by atoms with Crippen molar-refractivity contribution in [3.63, 3.8) is 0 Å². The molecule has 4 nitrogen and oxygen atoms in total. The molecule has 0 radical (unpaired) electrons. The van der Waals surface area contributed by atoms with Crippen LogP contribution in [0.5, 0.6) is 5.75 Å². The van der Waals surface area contributed by atoms with E-state index in [0.29, 0.717) is 0 Å². The lowest BCUT2D eigenvalue weighted by atomic mass is 10.2. The van der Waals surface area contributed by atoms with Gasteiger partial charge in [-0.25, -0.2) is 4.39 Å². The fourth-order valence-electron chi connectivity index (χ4n) is 1.38. The van der Waals surface area contributed by atoms with E-state index >= 15 is 0 Å². The molecule has 0 heterocycles. The fourth-order valence-corrected chi connectivity index (χ4v) is 1.38. The van der Waals surface area contributed by atoms with Crippen LogP contribution in [-0.2, 0) is 4.79 Å². The number of benzene rings is 1. The molecule has 0 saturated carbocycles. The second kappa shape index (κ2) is 6.74. The molecule has 0 saturated heterocycles. The monoisotopic (exact) mass is 264 g/mol. The number of rotatable bonds is 5. The first-order valence-electron chi connectivity index (χ1n) is 6.14. The lowest BCUT2D eigenvalue weighted by molar-refractivity contribution is -0.127. The summed E-state index contributed by atoms with van der Waals surface area (Å²) >= 11 is 0. The number of carbonyl (C=O) groups excluding carboxylic acids is 1. The lowest BCUT2D eigenvalue weighted by Gasteiger charge is -2.17. The minimum Gasteiger partial charge on any atom is -0.481 e. The van der Waals surface area contributed by atoms with Crippen molar-refractivity contribution in [1.29, 1.82) is 5.26 Å². The molecule has 0 aliphatic heterocycles. The smallest absolute Gasteiger partial charge is 0.260 e. The number of ether oxygens (including phenoxy) is 1. The molecule has 2 unspecified atom stereocenters. The van der Waals surface area contributed by atoms with Gasteiger partial charge in [0.2, 0.25) is 0 Å². The molecule has 0 fully saturated rings. The average molecular weight is 264 g/mol. The number of amides is 1. The van der Waals surface area contributed by atoms with Crippen molar-refractivity contribution < 1.29 is 13.9 Å². The first-order chi connectivity index (χ1) is 8.97. The van der Waals surface area contributed by atoms with Gasteiger partial charge in [-0.1, -0.05) is 6.92 Å². The van der Waals surface area contributed by atoms with E-state index in [0.717, 1.165) is 12.5 Å². The highest BCUT2D eigenvalue weighted by Crippen LogP contribution is 2.17. The molecule has 0 aromatic heterocycles. The Balaban J connectivity index is 2.67. The Morgan fingerprint density at radius 3 is 2.74 bits per heavy atom. The number of hydrogen-bond donors (Lipinski definition) is 1. The van der Waals surface area contributed by atoms with Crippen LogP contribution in [0.15, 0.2) is 18.2 Å². The average Bonchev–Trinajstić information content (AvgIpc) is 2.38. The SMILES string of the molecule is CCC(C)NC(=O)C(C)Oc1ccc(C#N)c(F)c1. The quantitative estimate of drug-likeness (QED) is 0.888. The van der Waals surface area contributed by atoms with E-state index in [2.05, 4.69) is 5.32 Å². The van der Waals surface area contributed by atoms with Gasteiger partial charge in [-0.05, 0) is 32.4 Å². The van der Waals surface area contributed by atoms with Crippen LogP contribution in [0.4, 0.5) is 4.39 Å². The number of nitriles is 1. The zero-order valence-corrected chi connectivity index (χ0v) is 11.2. The van der Waals surface area contributed by atoms with Crippen LogP contribution >= 0.6 is 0 Å². The summed E-state index contributed by atoms with van der Waals surface area (Å²) in [4.78, 5) is 11.7.